The predicted molar refractivity (Wildman–Crippen MR) is 120 cm³/mol. The lowest BCUT2D eigenvalue weighted by molar-refractivity contribution is -0.142. The zero-order valence-electron chi connectivity index (χ0n) is 19.0. The van der Waals surface area contributed by atoms with Crippen LogP contribution in [0.4, 0.5) is 0 Å². The first-order valence-corrected chi connectivity index (χ1v) is 11.8. The van der Waals surface area contributed by atoms with E-state index in [1.165, 1.54) is 11.8 Å². The minimum atomic E-state index is -1.16. The van der Waals surface area contributed by atoms with Crippen molar-refractivity contribution in [1.82, 2.24) is 16.0 Å². The van der Waals surface area contributed by atoms with Gasteiger partial charge in [0.05, 0.1) is 6.61 Å². The molecular weight excluding hydrogens is 424 g/mol. The molecule has 4 unspecified atom stereocenters. The Morgan fingerprint density at radius 2 is 1.29 bits per heavy atom. The number of hydrogen-bond acceptors (Lipinski definition) is 7. The van der Waals surface area contributed by atoms with Crippen LogP contribution in [0.2, 0.25) is 0 Å². The molecule has 0 aliphatic heterocycles. The normalized spacial score (nSPS) is 15.1. The quantitative estimate of drug-likeness (QED) is 0.192. The number of carbonyl (C=O) groups excluding carboxylic acids is 3. The van der Waals surface area contributed by atoms with Crippen LogP contribution >= 0.6 is 11.8 Å². The Balaban J connectivity index is 5.41. The first kappa shape index (κ1) is 29.1. The summed E-state index contributed by atoms with van der Waals surface area (Å²) in [6.45, 7) is 6.89. The highest BCUT2D eigenvalue weighted by Crippen LogP contribution is 2.09. The molecule has 0 aromatic rings. The highest BCUT2D eigenvalue weighted by Gasteiger charge is 2.30. The van der Waals surface area contributed by atoms with Gasteiger partial charge in [-0.1, -0.05) is 27.7 Å². The third-order valence-electron chi connectivity index (χ3n) is 4.44. The molecule has 0 spiro atoms. The number of aliphatic hydroxyl groups is 1. The Morgan fingerprint density at radius 1 is 0.839 bits per heavy atom. The zero-order chi connectivity index (χ0) is 24.1. The van der Waals surface area contributed by atoms with E-state index in [1.807, 2.05) is 34.0 Å². The third-order valence-corrected chi connectivity index (χ3v) is 5.08. The van der Waals surface area contributed by atoms with Gasteiger partial charge in [-0.25, -0.2) is 4.79 Å². The molecule has 31 heavy (non-hydrogen) atoms. The van der Waals surface area contributed by atoms with Gasteiger partial charge < -0.3 is 31.9 Å². The lowest BCUT2D eigenvalue weighted by Crippen LogP contribution is -2.57. The number of nitrogens with one attached hydrogen (secondary N) is 3. The van der Waals surface area contributed by atoms with E-state index in [4.69, 9.17) is 10.8 Å². The lowest BCUT2D eigenvalue weighted by Gasteiger charge is -2.26. The number of aliphatic carboxylic acids is 1. The molecule has 0 aromatic carbocycles. The summed E-state index contributed by atoms with van der Waals surface area (Å²) >= 11 is 1.49. The molecule has 0 bridgehead atoms. The summed E-state index contributed by atoms with van der Waals surface area (Å²) in [6.07, 6.45) is 2.71. The minimum absolute atomic E-state index is 0.0574. The van der Waals surface area contributed by atoms with Crippen molar-refractivity contribution in [3.63, 3.8) is 0 Å². The van der Waals surface area contributed by atoms with Crippen molar-refractivity contribution in [3.05, 3.63) is 0 Å². The molecule has 0 aliphatic carbocycles. The maximum Gasteiger partial charge on any atom is 0.326 e. The second-order valence-electron chi connectivity index (χ2n) is 8.35. The van der Waals surface area contributed by atoms with Crippen molar-refractivity contribution in [2.75, 3.05) is 18.6 Å². The SMILES string of the molecule is CSCCC(NC(=O)C(CC(C)C)NC(=O)C(N)CO)C(=O)NC(CC(C)C)C(=O)O. The van der Waals surface area contributed by atoms with Crippen LogP contribution in [0, 0.1) is 11.8 Å². The molecule has 0 aliphatic rings. The molecule has 4 atom stereocenters. The van der Waals surface area contributed by atoms with Gasteiger partial charge in [-0.2, -0.15) is 11.8 Å². The molecule has 0 heterocycles. The van der Waals surface area contributed by atoms with Crippen molar-refractivity contribution in [3.8, 4) is 0 Å². The minimum Gasteiger partial charge on any atom is -0.480 e. The van der Waals surface area contributed by atoms with Crippen molar-refractivity contribution in [2.45, 2.75) is 71.1 Å². The fourth-order valence-corrected chi connectivity index (χ4v) is 3.28. The summed E-state index contributed by atoms with van der Waals surface area (Å²) in [7, 11) is 0. The molecule has 0 aromatic heterocycles. The third kappa shape index (κ3) is 11.9. The fraction of sp³-hybridized carbons (Fsp3) is 0.800. The van der Waals surface area contributed by atoms with Crippen LogP contribution in [0.5, 0.6) is 0 Å². The summed E-state index contributed by atoms with van der Waals surface area (Å²) < 4.78 is 0. The van der Waals surface area contributed by atoms with E-state index < -0.39 is 54.5 Å². The van der Waals surface area contributed by atoms with Gasteiger partial charge in [0.1, 0.15) is 24.2 Å². The summed E-state index contributed by atoms with van der Waals surface area (Å²) in [4.78, 5) is 49.2. The molecule has 0 fully saturated rings. The van der Waals surface area contributed by atoms with Crippen LogP contribution in [0.1, 0.15) is 47.0 Å². The number of rotatable bonds is 15. The molecule has 0 rings (SSSR count). The second-order valence-corrected chi connectivity index (χ2v) is 9.34. The zero-order valence-corrected chi connectivity index (χ0v) is 19.8. The van der Waals surface area contributed by atoms with Crippen molar-refractivity contribution in [1.29, 1.82) is 0 Å². The molecule has 0 saturated carbocycles. The number of thioether (sulfide) groups is 1. The van der Waals surface area contributed by atoms with Gasteiger partial charge >= 0.3 is 5.97 Å². The average molecular weight is 463 g/mol. The van der Waals surface area contributed by atoms with Crippen LogP contribution in [-0.4, -0.2) is 76.7 Å². The van der Waals surface area contributed by atoms with E-state index in [-0.39, 0.29) is 18.3 Å². The van der Waals surface area contributed by atoms with Gasteiger partial charge in [-0.15, -0.1) is 0 Å². The topological polar surface area (TPSA) is 171 Å². The van der Waals surface area contributed by atoms with Crippen molar-refractivity contribution >= 4 is 35.5 Å². The number of carboxylic acids is 1. The first-order valence-electron chi connectivity index (χ1n) is 10.4. The van der Waals surface area contributed by atoms with Gasteiger partial charge in [0.2, 0.25) is 17.7 Å². The van der Waals surface area contributed by atoms with Crippen LogP contribution in [0.25, 0.3) is 0 Å². The molecule has 7 N–H and O–H groups in total. The molecule has 180 valence electrons. The lowest BCUT2D eigenvalue weighted by atomic mass is 10.0. The van der Waals surface area contributed by atoms with E-state index in [9.17, 15) is 24.3 Å². The van der Waals surface area contributed by atoms with Crippen LogP contribution in [0.3, 0.4) is 0 Å². The van der Waals surface area contributed by atoms with Crippen LogP contribution in [0.15, 0.2) is 0 Å². The van der Waals surface area contributed by atoms with Gasteiger partial charge in [-0.05, 0) is 43.1 Å². The molecule has 3 amide bonds. The predicted octanol–water partition coefficient (Wildman–Crippen LogP) is -0.310. The molecule has 0 saturated heterocycles. The number of hydrogen-bond donors (Lipinski definition) is 6. The van der Waals surface area contributed by atoms with Crippen molar-refractivity contribution in [2.24, 2.45) is 17.6 Å². The largest absolute Gasteiger partial charge is 0.480 e. The summed E-state index contributed by atoms with van der Waals surface area (Å²) in [5, 5.41) is 26.1. The maximum absolute atomic E-state index is 12.9. The maximum atomic E-state index is 12.9. The Labute approximate surface area is 188 Å². The molecule has 0 radical (unpaired) electrons. The van der Waals surface area contributed by atoms with E-state index in [1.54, 1.807) is 0 Å². The van der Waals surface area contributed by atoms with Gasteiger partial charge in [0.25, 0.3) is 0 Å². The van der Waals surface area contributed by atoms with Gasteiger partial charge in [0, 0.05) is 0 Å². The average Bonchev–Trinajstić information content (AvgIpc) is 2.68. The highest BCUT2D eigenvalue weighted by molar-refractivity contribution is 7.98. The Bertz CT molecular complexity index is 602. The Morgan fingerprint density at radius 3 is 1.74 bits per heavy atom. The van der Waals surface area contributed by atoms with E-state index >= 15 is 0 Å². The smallest absolute Gasteiger partial charge is 0.326 e. The number of amides is 3. The van der Waals surface area contributed by atoms with E-state index in [2.05, 4.69) is 16.0 Å². The number of carbonyl (C=O) groups is 4. The Hall–Kier alpha value is -1.85. The monoisotopic (exact) mass is 462 g/mol. The molecule has 11 heteroatoms. The fourth-order valence-electron chi connectivity index (χ4n) is 2.81. The number of aliphatic hydroxyl groups excluding tert-OH is 1. The van der Waals surface area contributed by atoms with E-state index in [0.29, 0.717) is 18.6 Å². The van der Waals surface area contributed by atoms with Crippen molar-refractivity contribution < 1.29 is 29.4 Å². The van der Waals surface area contributed by atoms with Crippen LogP contribution in [-0.2, 0) is 19.2 Å². The second kappa shape index (κ2) is 15.0. The molecular formula is C20H38N4O6S. The number of nitrogens with two attached hydrogens (primary N) is 1. The van der Waals surface area contributed by atoms with Gasteiger partial charge in [-0.3, -0.25) is 14.4 Å². The van der Waals surface area contributed by atoms with E-state index in [0.717, 1.165) is 0 Å². The number of carboxylic acid groups (broad SMARTS) is 1. The summed E-state index contributed by atoms with van der Waals surface area (Å²) in [5.74, 6) is -2.28. The first-order chi connectivity index (χ1) is 14.4. The molecule has 10 nitrogen and oxygen atoms in total. The van der Waals surface area contributed by atoms with Gasteiger partial charge in [0.15, 0.2) is 0 Å². The summed E-state index contributed by atoms with van der Waals surface area (Å²) in [5.41, 5.74) is 5.52. The summed E-state index contributed by atoms with van der Waals surface area (Å²) in [6, 6.07) is -4.12. The standard InChI is InChI=1S/C20H38N4O6S/c1-11(2)8-15(23-17(26)13(21)10-25)19(28)22-14(6-7-31-5)18(27)24-16(20(29)30)9-12(3)4/h11-16,25H,6-10,21H2,1-5H3,(H,22,28)(H,23,26)(H,24,27)(H,29,30). The van der Waals surface area contributed by atoms with Crippen LogP contribution < -0.4 is 21.7 Å². The highest BCUT2D eigenvalue weighted by atomic mass is 32.2. The Kier molecular flexibility index (Phi) is 14.1.